The fourth-order valence-corrected chi connectivity index (χ4v) is 6.35. The van der Waals surface area contributed by atoms with Gasteiger partial charge in [0, 0.05) is 41.5 Å². The third-order valence-electron chi connectivity index (χ3n) is 8.49. The number of anilines is 1. The Morgan fingerprint density at radius 2 is 1.47 bits per heavy atom. The molecule has 5 aromatic rings. The quantitative estimate of drug-likeness (QED) is 0.167. The van der Waals surface area contributed by atoms with E-state index in [1.165, 1.54) is 0 Å². The number of fused-ring (bicyclic) bond motifs is 6. The van der Waals surface area contributed by atoms with Crippen LogP contribution in [0.4, 0.5) is 5.69 Å². The van der Waals surface area contributed by atoms with Gasteiger partial charge in [0.25, 0.3) is 0 Å². The first-order chi connectivity index (χ1) is 21.2. The van der Waals surface area contributed by atoms with Gasteiger partial charge in [-0.15, -0.1) is 0 Å². The van der Waals surface area contributed by atoms with Gasteiger partial charge in [0.1, 0.15) is 11.4 Å². The fraction of sp³-hybridized carbons (Fsp3) is 0.243. The van der Waals surface area contributed by atoms with Gasteiger partial charge in [-0.25, -0.2) is 4.79 Å². The van der Waals surface area contributed by atoms with Crippen LogP contribution < -0.4 is 9.64 Å². The Bertz CT molecular complexity index is 1770. The van der Waals surface area contributed by atoms with Gasteiger partial charge in [-0.1, -0.05) is 93.4 Å². The molecule has 4 aromatic carbocycles. The minimum Gasteiger partial charge on any atom is -0.440 e. The third-order valence-corrected chi connectivity index (χ3v) is 8.49. The third kappa shape index (κ3) is 4.40. The van der Waals surface area contributed by atoms with Gasteiger partial charge in [-0.05, 0) is 43.2 Å². The zero-order valence-electron chi connectivity index (χ0n) is 24.6. The lowest BCUT2D eigenvalue weighted by molar-refractivity contribution is 0.0225. The molecule has 3 heterocycles. The van der Waals surface area contributed by atoms with E-state index in [0.717, 1.165) is 72.4 Å². The summed E-state index contributed by atoms with van der Waals surface area (Å²) in [4.78, 5) is 16.0. The molecule has 0 fully saturated rings. The molecule has 1 aromatic heterocycles. The van der Waals surface area contributed by atoms with E-state index in [2.05, 4.69) is 36.9 Å². The standard InChI is InChI=1S/C37H35N3O3/c1-3-5-23-39(24-6-4-2)28-21-22-31-32(25-28)42-35-33(37(31)30-20-14-13-19-29(30)36(41)43-37)34(26-15-9-7-10-16-26)38-40(35)27-17-11-8-12-18-27/h7-22,25H,3-6,23-24H2,1-2H3. The topological polar surface area (TPSA) is 56.6 Å². The monoisotopic (exact) mass is 569 g/mol. The second-order valence-corrected chi connectivity index (χ2v) is 11.2. The lowest BCUT2D eigenvalue weighted by Gasteiger charge is -2.36. The highest BCUT2D eigenvalue weighted by Crippen LogP contribution is 2.59. The second kappa shape index (κ2) is 11.1. The lowest BCUT2D eigenvalue weighted by Crippen LogP contribution is -2.34. The zero-order valence-corrected chi connectivity index (χ0v) is 24.6. The summed E-state index contributed by atoms with van der Waals surface area (Å²) in [6, 6.07) is 34.1. The molecule has 0 radical (unpaired) electrons. The largest absolute Gasteiger partial charge is 0.440 e. The van der Waals surface area contributed by atoms with Crippen molar-refractivity contribution < 1.29 is 14.3 Å². The molecule has 6 nitrogen and oxygen atoms in total. The number of hydrogen-bond acceptors (Lipinski definition) is 5. The van der Waals surface area contributed by atoms with Gasteiger partial charge in [0.2, 0.25) is 5.88 Å². The summed E-state index contributed by atoms with van der Waals surface area (Å²) in [5.74, 6) is 0.870. The maximum Gasteiger partial charge on any atom is 0.340 e. The molecule has 0 saturated heterocycles. The molecule has 0 bridgehead atoms. The smallest absolute Gasteiger partial charge is 0.340 e. The Hall–Kier alpha value is -4.84. The Morgan fingerprint density at radius 1 is 0.791 bits per heavy atom. The SMILES string of the molecule is CCCCN(CCCC)c1ccc2c(c1)Oc1c(c(-c3ccccc3)nn1-c1ccccc1)C21OC(=O)c2ccccc21. The van der Waals surface area contributed by atoms with Gasteiger partial charge in [-0.2, -0.15) is 9.78 Å². The summed E-state index contributed by atoms with van der Waals surface area (Å²) in [6.07, 6.45) is 4.48. The normalized spacial score (nSPS) is 16.3. The van der Waals surface area contributed by atoms with E-state index in [-0.39, 0.29) is 5.97 Å². The number of para-hydroxylation sites is 1. The van der Waals surface area contributed by atoms with Crippen molar-refractivity contribution in [3.63, 3.8) is 0 Å². The zero-order chi connectivity index (χ0) is 29.4. The number of unbranched alkanes of at least 4 members (excludes halogenated alkanes) is 2. The highest BCUT2D eigenvalue weighted by atomic mass is 16.6. The van der Waals surface area contributed by atoms with Gasteiger partial charge < -0.3 is 14.4 Å². The number of hydrogen-bond donors (Lipinski definition) is 0. The summed E-state index contributed by atoms with van der Waals surface area (Å²) in [5.41, 5.74) is 5.28. The van der Waals surface area contributed by atoms with Crippen LogP contribution in [0.15, 0.2) is 103 Å². The molecule has 7 rings (SSSR count). The summed E-state index contributed by atoms with van der Waals surface area (Å²) >= 11 is 0. The Labute approximate surface area is 252 Å². The highest BCUT2D eigenvalue weighted by molar-refractivity contribution is 5.97. The van der Waals surface area contributed by atoms with Crippen molar-refractivity contribution in [2.24, 2.45) is 0 Å². The molecule has 2 aliphatic rings. The maximum atomic E-state index is 13.6. The van der Waals surface area contributed by atoms with Crippen molar-refractivity contribution in [2.45, 2.75) is 45.1 Å². The molecule has 1 atom stereocenters. The average Bonchev–Trinajstić information content (AvgIpc) is 3.58. The molecule has 216 valence electrons. The van der Waals surface area contributed by atoms with Gasteiger partial charge in [-0.3, -0.25) is 0 Å². The van der Waals surface area contributed by atoms with Crippen molar-refractivity contribution in [1.82, 2.24) is 9.78 Å². The Morgan fingerprint density at radius 3 is 2.19 bits per heavy atom. The molecular formula is C37H35N3O3. The minimum absolute atomic E-state index is 0.350. The first-order valence-corrected chi connectivity index (χ1v) is 15.3. The molecular weight excluding hydrogens is 534 g/mol. The number of esters is 1. The molecule has 6 heteroatoms. The summed E-state index contributed by atoms with van der Waals surface area (Å²) in [7, 11) is 0. The first-order valence-electron chi connectivity index (χ1n) is 15.3. The highest BCUT2D eigenvalue weighted by Gasteiger charge is 2.56. The van der Waals surface area contributed by atoms with Gasteiger partial charge in [0.15, 0.2) is 5.60 Å². The van der Waals surface area contributed by atoms with Crippen LogP contribution in [-0.4, -0.2) is 28.8 Å². The van der Waals surface area contributed by atoms with E-state index in [9.17, 15) is 4.79 Å². The predicted octanol–water partition coefficient (Wildman–Crippen LogP) is 8.51. The number of aromatic nitrogens is 2. The summed E-state index contributed by atoms with van der Waals surface area (Å²) in [5, 5.41) is 5.16. The Balaban J connectivity index is 1.51. The molecule has 43 heavy (non-hydrogen) atoms. The molecule has 0 amide bonds. The van der Waals surface area contributed by atoms with Crippen LogP contribution in [0.1, 0.15) is 66.6 Å². The second-order valence-electron chi connectivity index (χ2n) is 11.2. The van der Waals surface area contributed by atoms with E-state index < -0.39 is 5.60 Å². The van der Waals surface area contributed by atoms with E-state index in [1.807, 2.05) is 89.6 Å². The summed E-state index contributed by atoms with van der Waals surface area (Å²) in [6.45, 7) is 6.40. The summed E-state index contributed by atoms with van der Waals surface area (Å²) < 4.78 is 15.3. The molecule has 0 aliphatic carbocycles. The minimum atomic E-state index is -1.22. The molecule has 1 spiro atoms. The van der Waals surface area contributed by atoms with Crippen molar-refractivity contribution in [3.05, 3.63) is 125 Å². The predicted molar refractivity (Wildman–Crippen MR) is 169 cm³/mol. The van der Waals surface area contributed by atoms with Gasteiger partial charge in [0.05, 0.1) is 16.8 Å². The van der Waals surface area contributed by atoms with Crippen LogP contribution in [-0.2, 0) is 10.3 Å². The van der Waals surface area contributed by atoms with Crippen molar-refractivity contribution >= 4 is 11.7 Å². The van der Waals surface area contributed by atoms with Crippen LogP contribution in [0, 0.1) is 0 Å². The van der Waals surface area contributed by atoms with Crippen molar-refractivity contribution in [1.29, 1.82) is 0 Å². The number of benzene rings is 4. The number of carbonyl (C=O) groups excluding carboxylic acids is 1. The van der Waals surface area contributed by atoms with Crippen LogP contribution in [0.2, 0.25) is 0 Å². The van der Waals surface area contributed by atoms with Crippen LogP contribution in [0.25, 0.3) is 16.9 Å². The first kappa shape index (κ1) is 27.0. The van der Waals surface area contributed by atoms with Crippen LogP contribution >= 0.6 is 0 Å². The maximum absolute atomic E-state index is 13.6. The number of rotatable bonds is 9. The van der Waals surface area contributed by atoms with E-state index >= 15 is 0 Å². The molecule has 0 N–H and O–H groups in total. The number of ether oxygens (including phenoxy) is 2. The van der Waals surface area contributed by atoms with E-state index in [0.29, 0.717) is 22.9 Å². The fourth-order valence-electron chi connectivity index (χ4n) is 6.35. The van der Waals surface area contributed by atoms with E-state index in [4.69, 9.17) is 14.6 Å². The van der Waals surface area contributed by atoms with Crippen LogP contribution in [0.3, 0.4) is 0 Å². The Kier molecular flexibility index (Phi) is 6.98. The van der Waals surface area contributed by atoms with E-state index in [1.54, 1.807) is 0 Å². The van der Waals surface area contributed by atoms with Crippen LogP contribution in [0.5, 0.6) is 11.6 Å². The molecule has 2 aliphatic heterocycles. The number of nitrogens with zero attached hydrogens (tertiary/aromatic N) is 3. The van der Waals surface area contributed by atoms with Crippen molar-refractivity contribution in [3.8, 4) is 28.6 Å². The molecule has 1 unspecified atom stereocenters. The number of carbonyl (C=O) groups is 1. The average molecular weight is 570 g/mol. The van der Waals surface area contributed by atoms with Crippen molar-refractivity contribution in [2.75, 3.05) is 18.0 Å². The molecule has 0 saturated carbocycles. The lowest BCUT2D eigenvalue weighted by atomic mass is 9.77. The van der Waals surface area contributed by atoms with Gasteiger partial charge >= 0.3 is 5.97 Å².